The normalized spacial score (nSPS) is 24.4. The third-order valence-electron chi connectivity index (χ3n) is 5.22. The molecule has 0 aromatic heterocycles. The van der Waals surface area contributed by atoms with Crippen LogP contribution in [-0.2, 0) is 19.2 Å². The highest BCUT2D eigenvalue weighted by Crippen LogP contribution is 2.08. The Morgan fingerprint density at radius 3 is 1.25 bits per heavy atom. The lowest BCUT2D eigenvalue weighted by Crippen LogP contribution is -2.48. The van der Waals surface area contributed by atoms with Crippen LogP contribution in [0, 0.1) is 0 Å². The van der Waals surface area contributed by atoms with E-state index in [0.717, 1.165) is 39.0 Å². The molecular formula is C18H30N4O6. The Labute approximate surface area is 164 Å². The number of carbonyl (C=O) groups excluding carboxylic acids is 2. The van der Waals surface area contributed by atoms with Gasteiger partial charge in [0.15, 0.2) is 0 Å². The number of hydrogen-bond donors (Lipinski definition) is 2. The number of carboxylic acids is 2. The number of carboxylic acid groups (broad SMARTS) is 2. The Hall–Kier alpha value is -2.20. The fraction of sp³-hybridized carbons (Fsp3) is 0.778. The highest BCUT2D eigenvalue weighted by Gasteiger charge is 2.23. The molecule has 2 saturated heterocycles. The third-order valence-corrected chi connectivity index (χ3v) is 5.22. The van der Waals surface area contributed by atoms with Crippen molar-refractivity contribution in [3.8, 4) is 0 Å². The van der Waals surface area contributed by atoms with Gasteiger partial charge in [-0.2, -0.15) is 0 Å². The van der Waals surface area contributed by atoms with Gasteiger partial charge in [-0.15, -0.1) is 0 Å². The number of aliphatic carboxylic acids is 2. The van der Waals surface area contributed by atoms with Gasteiger partial charge in [0.05, 0.1) is 0 Å². The second-order valence-corrected chi connectivity index (χ2v) is 7.29. The molecule has 0 aromatic carbocycles. The first kappa shape index (κ1) is 22.1. The molecule has 2 unspecified atom stereocenters. The molecule has 2 rings (SSSR count). The van der Waals surface area contributed by atoms with Crippen LogP contribution >= 0.6 is 0 Å². The fourth-order valence-electron chi connectivity index (χ4n) is 3.65. The summed E-state index contributed by atoms with van der Waals surface area (Å²) >= 11 is 0. The Bertz CT molecular complexity index is 534. The van der Waals surface area contributed by atoms with Crippen molar-refractivity contribution in [2.75, 3.05) is 65.4 Å². The van der Waals surface area contributed by atoms with Crippen LogP contribution in [0.3, 0.4) is 0 Å². The number of rotatable bonds is 4. The fourth-order valence-corrected chi connectivity index (χ4v) is 3.65. The minimum atomic E-state index is -1.11. The van der Waals surface area contributed by atoms with Crippen molar-refractivity contribution in [1.82, 2.24) is 19.6 Å². The molecule has 2 heterocycles. The maximum Gasteiger partial charge on any atom is 0.312 e. The van der Waals surface area contributed by atoms with Gasteiger partial charge in [0.1, 0.15) is 12.8 Å². The summed E-state index contributed by atoms with van der Waals surface area (Å²) in [4.78, 5) is 53.8. The molecular weight excluding hydrogens is 368 g/mol. The largest absolute Gasteiger partial charge is 0.481 e. The standard InChI is InChI=1S/C18H30N4O6/c23-15(13-17(25)26)21-5-1-3-19-7-8-20(10-11-21)4-2-6-22(12-9-19)16(24)14-18(27)28/h1-14H2,(H,25,26)(H,27,28). The van der Waals surface area contributed by atoms with E-state index in [1.165, 1.54) is 0 Å². The molecule has 2 bridgehead atoms. The van der Waals surface area contributed by atoms with E-state index in [2.05, 4.69) is 9.80 Å². The summed E-state index contributed by atoms with van der Waals surface area (Å²) in [6, 6.07) is 0. The maximum atomic E-state index is 12.2. The monoisotopic (exact) mass is 398 g/mol. The summed E-state index contributed by atoms with van der Waals surface area (Å²) in [6.45, 7) is 6.51. The van der Waals surface area contributed by atoms with Crippen molar-refractivity contribution in [3.05, 3.63) is 0 Å². The van der Waals surface area contributed by atoms with Crippen molar-refractivity contribution < 1.29 is 29.4 Å². The molecule has 0 radical (unpaired) electrons. The van der Waals surface area contributed by atoms with Gasteiger partial charge in [0.25, 0.3) is 0 Å². The first-order valence-electron chi connectivity index (χ1n) is 9.79. The molecule has 2 aliphatic rings. The molecule has 0 spiro atoms. The summed E-state index contributed by atoms with van der Waals surface area (Å²) in [5, 5.41) is 17.8. The molecule has 0 saturated carbocycles. The molecule has 0 aliphatic carbocycles. The lowest BCUT2D eigenvalue weighted by atomic mass is 10.2. The number of fused-ring (bicyclic) bond motifs is 3. The van der Waals surface area contributed by atoms with Crippen molar-refractivity contribution in [1.29, 1.82) is 0 Å². The minimum Gasteiger partial charge on any atom is -0.481 e. The Morgan fingerprint density at radius 1 is 0.536 bits per heavy atom. The van der Waals surface area contributed by atoms with Gasteiger partial charge < -0.3 is 29.8 Å². The van der Waals surface area contributed by atoms with E-state index in [-0.39, 0.29) is 11.8 Å². The predicted octanol–water partition coefficient (Wildman–Crippen LogP) is -0.996. The van der Waals surface area contributed by atoms with Crippen LogP contribution in [0.1, 0.15) is 25.7 Å². The van der Waals surface area contributed by atoms with Crippen LogP contribution in [-0.4, -0.2) is 119 Å². The van der Waals surface area contributed by atoms with Crippen molar-refractivity contribution in [3.63, 3.8) is 0 Å². The molecule has 2 fully saturated rings. The van der Waals surface area contributed by atoms with Crippen molar-refractivity contribution in [2.24, 2.45) is 0 Å². The molecule has 0 aromatic rings. The SMILES string of the molecule is O=C(O)CC(=O)N1CCCN2CCN(CCCN(C(=O)CC(=O)O)CC2)CC1. The van der Waals surface area contributed by atoms with Crippen LogP contribution in [0.5, 0.6) is 0 Å². The van der Waals surface area contributed by atoms with Crippen LogP contribution in [0.4, 0.5) is 0 Å². The van der Waals surface area contributed by atoms with E-state index < -0.39 is 24.8 Å². The van der Waals surface area contributed by atoms with Gasteiger partial charge >= 0.3 is 11.9 Å². The summed E-state index contributed by atoms with van der Waals surface area (Å²) in [5.41, 5.74) is 0. The molecule has 10 heteroatoms. The van der Waals surface area contributed by atoms with Crippen LogP contribution < -0.4 is 0 Å². The van der Waals surface area contributed by atoms with E-state index >= 15 is 0 Å². The van der Waals surface area contributed by atoms with E-state index in [1.807, 2.05) is 0 Å². The highest BCUT2D eigenvalue weighted by atomic mass is 16.4. The van der Waals surface area contributed by atoms with E-state index in [4.69, 9.17) is 10.2 Å². The molecule has 2 atom stereocenters. The molecule has 2 aliphatic heterocycles. The van der Waals surface area contributed by atoms with Crippen molar-refractivity contribution >= 4 is 23.8 Å². The zero-order chi connectivity index (χ0) is 20.5. The minimum absolute atomic E-state index is 0.350. The first-order valence-corrected chi connectivity index (χ1v) is 9.79. The van der Waals surface area contributed by atoms with Crippen LogP contribution in [0.15, 0.2) is 0 Å². The molecule has 28 heavy (non-hydrogen) atoms. The number of carbonyl (C=O) groups is 4. The molecule has 10 nitrogen and oxygen atoms in total. The highest BCUT2D eigenvalue weighted by molar-refractivity contribution is 5.93. The third kappa shape index (κ3) is 7.43. The quantitative estimate of drug-likeness (QED) is 0.579. The van der Waals surface area contributed by atoms with E-state index in [1.54, 1.807) is 9.80 Å². The van der Waals surface area contributed by atoms with Gasteiger partial charge in [0.2, 0.25) is 11.8 Å². The van der Waals surface area contributed by atoms with Gasteiger partial charge in [-0.25, -0.2) is 0 Å². The first-order chi connectivity index (χ1) is 13.3. The number of amides is 2. The summed E-state index contributed by atoms with van der Waals surface area (Å²) in [7, 11) is 0. The second-order valence-electron chi connectivity index (χ2n) is 7.29. The second kappa shape index (κ2) is 11.0. The Morgan fingerprint density at radius 2 is 0.893 bits per heavy atom. The van der Waals surface area contributed by atoms with Gasteiger partial charge in [-0.3, -0.25) is 19.2 Å². The molecule has 2 N–H and O–H groups in total. The Balaban J connectivity index is 2.01. The van der Waals surface area contributed by atoms with Gasteiger partial charge in [0, 0.05) is 52.4 Å². The van der Waals surface area contributed by atoms with Gasteiger partial charge in [-0.1, -0.05) is 0 Å². The maximum absolute atomic E-state index is 12.2. The number of nitrogens with zero attached hydrogens (tertiary/aromatic N) is 4. The number of hydrogen-bond acceptors (Lipinski definition) is 6. The van der Waals surface area contributed by atoms with Crippen LogP contribution in [0.2, 0.25) is 0 Å². The van der Waals surface area contributed by atoms with Gasteiger partial charge in [-0.05, 0) is 25.9 Å². The van der Waals surface area contributed by atoms with E-state index in [9.17, 15) is 19.2 Å². The average molecular weight is 398 g/mol. The predicted molar refractivity (Wildman–Crippen MR) is 99.8 cm³/mol. The summed E-state index contributed by atoms with van der Waals surface area (Å²) in [6.07, 6.45) is 0.498. The van der Waals surface area contributed by atoms with Crippen molar-refractivity contribution in [2.45, 2.75) is 25.7 Å². The molecule has 2 amide bonds. The Kier molecular flexibility index (Phi) is 8.65. The zero-order valence-corrected chi connectivity index (χ0v) is 16.2. The average Bonchev–Trinajstić information content (AvgIpc) is 2.62. The van der Waals surface area contributed by atoms with Crippen LogP contribution in [0.25, 0.3) is 0 Å². The summed E-state index contributed by atoms with van der Waals surface area (Å²) in [5.74, 6) is -2.92. The smallest absolute Gasteiger partial charge is 0.312 e. The molecule has 158 valence electrons. The van der Waals surface area contributed by atoms with E-state index in [0.29, 0.717) is 39.3 Å². The summed E-state index contributed by atoms with van der Waals surface area (Å²) < 4.78 is 0. The topological polar surface area (TPSA) is 122 Å². The zero-order valence-electron chi connectivity index (χ0n) is 16.2. The lowest BCUT2D eigenvalue weighted by molar-refractivity contribution is -0.146. The lowest BCUT2D eigenvalue weighted by Gasteiger charge is -2.35.